The highest BCUT2D eigenvalue weighted by molar-refractivity contribution is 9.10. The maximum Gasteiger partial charge on any atom is 0.286 e. The number of para-hydroxylation sites is 2. The first-order chi connectivity index (χ1) is 12.9. The molecule has 1 N–H and O–H groups in total. The molecule has 0 spiro atoms. The van der Waals surface area contributed by atoms with Crippen molar-refractivity contribution in [2.45, 2.75) is 18.4 Å². The van der Waals surface area contributed by atoms with E-state index < -0.39 is 0 Å². The number of aromatic nitrogens is 1. The average Bonchev–Trinajstić information content (AvgIpc) is 2.88. The summed E-state index contributed by atoms with van der Waals surface area (Å²) in [5.41, 5.74) is 2.63. The number of hydrogen-bond donors (Lipinski definition) is 1. The quantitative estimate of drug-likeness (QED) is 0.566. The molecular weight excluding hydrogens is 426 g/mol. The van der Waals surface area contributed by atoms with Crippen molar-refractivity contribution in [3.05, 3.63) is 58.7 Å². The number of nitrogens with zero attached hydrogens (tertiary/aromatic N) is 2. The summed E-state index contributed by atoms with van der Waals surface area (Å²) < 4.78 is 2.98. The summed E-state index contributed by atoms with van der Waals surface area (Å²) in [6.45, 7) is 2.18. The van der Waals surface area contributed by atoms with Crippen LogP contribution in [0.2, 0.25) is 0 Å². The molecular formula is C20H20BrN3O2S. The van der Waals surface area contributed by atoms with Gasteiger partial charge in [-0.25, -0.2) is 0 Å². The minimum absolute atomic E-state index is 0.0899. The van der Waals surface area contributed by atoms with Crippen LogP contribution in [0.15, 0.2) is 57.9 Å². The number of halogens is 1. The van der Waals surface area contributed by atoms with E-state index in [9.17, 15) is 9.59 Å². The fraction of sp³-hybridized carbons (Fsp3) is 0.200. The molecule has 0 aliphatic heterocycles. The van der Waals surface area contributed by atoms with Crippen molar-refractivity contribution in [3.63, 3.8) is 0 Å². The zero-order valence-electron chi connectivity index (χ0n) is 15.3. The summed E-state index contributed by atoms with van der Waals surface area (Å²) in [6, 6.07) is 15.3. The molecule has 2 aromatic carbocycles. The Kier molecular flexibility index (Phi) is 5.92. The van der Waals surface area contributed by atoms with Crippen molar-refractivity contribution in [1.29, 1.82) is 0 Å². The number of amides is 2. The summed E-state index contributed by atoms with van der Waals surface area (Å²) in [6.07, 6.45) is 0. The first kappa shape index (κ1) is 19.5. The Hall–Kier alpha value is -2.25. The molecule has 0 atom stereocenters. The Balaban J connectivity index is 1.82. The van der Waals surface area contributed by atoms with Crippen LogP contribution in [0.1, 0.15) is 5.69 Å². The highest BCUT2D eigenvalue weighted by Crippen LogP contribution is 2.31. The van der Waals surface area contributed by atoms with Crippen LogP contribution in [0.3, 0.4) is 0 Å². The summed E-state index contributed by atoms with van der Waals surface area (Å²) >= 11 is 4.71. The van der Waals surface area contributed by atoms with E-state index in [1.54, 1.807) is 20.2 Å². The van der Waals surface area contributed by atoms with E-state index in [1.807, 2.05) is 54.0 Å². The lowest BCUT2D eigenvalue weighted by molar-refractivity contribution is -0.116. The highest BCUT2D eigenvalue weighted by atomic mass is 79.9. The van der Waals surface area contributed by atoms with Gasteiger partial charge in [0.05, 0.1) is 5.69 Å². The zero-order chi connectivity index (χ0) is 19.6. The van der Waals surface area contributed by atoms with Crippen molar-refractivity contribution in [1.82, 2.24) is 9.47 Å². The Morgan fingerprint density at radius 3 is 2.52 bits per heavy atom. The van der Waals surface area contributed by atoms with E-state index in [1.165, 1.54) is 4.90 Å². The number of nitrogens with one attached hydrogen (secondary N) is 1. The van der Waals surface area contributed by atoms with Crippen molar-refractivity contribution in [2.75, 3.05) is 19.4 Å². The van der Waals surface area contributed by atoms with Gasteiger partial charge < -0.3 is 14.8 Å². The second-order valence-electron chi connectivity index (χ2n) is 6.31. The number of fused-ring (bicyclic) bond motifs is 1. The highest BCUT2D eigenvalue weighted by Gasteiger charge is 2.16. The summed E-state index contributed by atoms with van der Waals surface area (Å²) in [5.74, 6) is -0.142. The van der Waals surface area contributed by atoms with Gasteiger partial charge in [-0.2, -0.15) is 0 Å². The van der Waals surface area contributed by atoms with Gasteiger partial charge in [0, 0.05) is 40.1 Å². The van der Waals surface area contributed by atoms with Crippen LogP contribution in [0.4, 0.5) is 10.5 Å². The zero-order valence-corrected chi connectivity index (χ0v) is 17.7. The van der Waals surface area contributed by atoms with E-state index in [0.29, 0.717) is 5.69 Å². The molecule has 3 aromatic rings. The third kappa shape index (κ3) is 4.20. The SMILES string of the molecule is Cc1c(Br)c2ccccc2n1CC(=O)Nc1ccccc1SC(=O)N(C)C. The third-order valence-electron chi connectivity index (χ3n) is 4.18. The molecule has 140 valence electrons. The minimum atomic E-state index is -0.142. The number of benzene rings is 2. The lowest BCUT2D eigenvalue weighted by Gasteiger charge is -2.14. The fourth-order valence-corrected chi connectivity index (χ4v) is 4.07. The number of rotatable bonds is 4. The van der Waals surface area contributed by atoms with E-state index in [-0.39, 0.29) is 17.7 Å². The van der Waals surface area contributed by atoms with Crippen LogP contribution >= 0.6 is 27.7 Å². The van der Waals surface area contributed by atoms with Crippen LogP contribution in [0.5, 0.6) is 0 Å². The van der Waals surface area contributed by atoms with Crippen molar-refractivity contribution >= 4 is 55.4 Å². The lowest BCUT2D eigenvalue weighted by atomic mass is 10.2. The number of thioether (sulfide) groups is 1. The maximum atomic E-state index is 12.7. The van der Waals surface area contributed by atoms with Crippen molar-refractivity contribution < 1.29 is 9.59 Å². The van der Waals surface area contributed by atoms with Gasteiger partial charge in [-0.05, 0) is 52.8 Å². The predicted octanol–water partition coefficient (Wildman–Crippen LogP) is 5.12. The van der Waals surface area contributed by atoms with Crippen LogP contribution in [0.25, 0.3) is 10.9 Å². The molecule has 1 aromatic heterocycles. The molecule has 2 amide bonds. The lowest BCUT2D eigenvalue weighted by Crippen LogP contribution is -2.20. The Morgan fingerprint density at radius 1 is 1.11 bits per heavy atom. The minimum Gasteiger partial charge on any atom is -0.339 e. The van der Waals surface area contributed by atoms with E-state index in [4.69, 9.17) is 0 Å². The molecule has 7 heteroatoms. The second-order valence-corrected chi connectivity index (χ2v) is 8.10. The maximum absolute atomic E-state index is 12.7. The molecule has 0 fully saturated rings. The van der Waals surface area contributed by atoms with E-state index >= 15 is 0 Å². The fourth-order valence-electron chi connectivity index (χ4n) is 2.77. The monoisotopic (exact) mass is 445 g/mol. The molecule has 0 saturated carbocycles. The molecule has 5 nitrogen and oxygen atoms in total. The van der Waals surface area contributed by atoms with Gasteiger partial charge in [0.2, 0.25) is 5.91 Å². The molecule has 0 saturated heterocycles. The average molecular weight is 446 g/mol. The van der Waals surface area contributed by atoms with Gasteiger partial charge in [-0.3, -0.25) is 9.59 Å². The summed E-state index contributed by atoms with van der Waals surface area (Å²) in [7, 11) is 3.41. The summed E-state index contributed by atoms with van der Waals surface area (Å²) in [5, 5.41) is 3.93. The van der Waals surface area contributed by atoms with Crippen molar-refractivity contribution in [3.8, 4) is 0 Å². The Morgan fingerprint density at radius 2 is 1.78 bits per heavy atom. The second kappa shape index (κ2) is 8.19. The summed E-state index contributed by atoms with van der Waals surface area (Å²) in [4.78, 5) is 26.9. The Bertz CT molecular complexity index is 1010. The molecule has 0 bridgehead atoms. The molecule has 3 rings (SSSR count). The molecule has 0 aliphatic carbocycles. The van der Waals surface area contributed by atoms with E-state index in [2.05, 4.69) is 21.2 Å². The van der Waals surface area contributed by atoms with Crippen LogP contribution in [0, 0.1) is 6.92 Å². The van der Waals surface area contributed by atoms with Crippen LogP contribution in [-0.4, -0.2) is 34.7 Å². The molecule has 1 heterocycles. The van der Waals surface area contributed by atoms with Crippen molar-refractivity contribution in [2.24, 2.45) is 0 Å². The van der Waals surface area contributed by atoms with Gasteiger partial charge >= 0.3 is 0 Å². The van der Waals surface area contributed by atoms with Crippen LogP contribution < -0.4 is 5.32 Å². The third-order valence-corrected chi connectivity index (χ3v) is 6.30. The first-order valence-corrected chi connectivity index (χ1v) is 10.0. The first-order valence-electron chi connectivity index (χ1n) is 8.40. The standard InChI is InChI=1S/C20H20BrN3O2S/c1-13-19(21)14-8-4-6-10-16(14)24(13)12-18(25)22-15-9-5-7-11-17(15)27-20(26)23(2)3/h4-11H,12H2,1-3H3,(H,22,25). The predicted molar refractivity (Wildman–Crippen MR) is 114 cm³/mol. The van der Waals surface area contributed by atoms with Crippen LogP contribution in [-0.2, 0) is 11.3 Å². The number of anilines is 1. The Labute approximate surface area is 170 Å². The normalized spacial score (nSPS) is 10.8. The number of carbonyl (C=O) groups excluding carboxylic acids is 2. The van der Waals surface area contributed by atoms with Gasteiger partial charge in [-0.15, -0.1) is 0 Å². The van der Waals surface area contributed by atoms with Gasteiger partial charge in [0.1, 0.15) is 6.54 Å². The van der Waals surface area contributed by atoms with Gasteiger partial charge in [0.15, 0.2) is 0 Å². The molecule has 0 aliphatic rings. The van der Waals surface area contributed by atoms with Gasteiger partial charge in [0.25, 0.3) is 5.24 Å². The number of hydrogen-bond acceptors (Lipinski definition) is 3. The van der Waals surface area contributed by atoms with Gasteiger partial charge in [-0.1, -0.05) is 30.3 Å². The smallest absolute Gasteiger partial charge is 0.286 e. The topological polar surface area (TPSA) is 54.3 Å². The van der Waals surface area contributed by atoms with E-state index in [0.717, 1.165) is 37.7 Å². The molecule has 0 radical (unpaired) electrons. The molecule has 27 heavy (non-hydrogen) atoms. The molecule has 0 unspecified atom stereocenters. The largest absolute Gasteiger partial charge is 0.339 e. The number of carbonyl (C=O) groups is 2.